The normalized spacial score (nSPS) is 28.7. The summed E-state index contributed by atoms with van der Waals surface area (Å²) in [7, 11) is -3.14. The molecule has 10 heteroatoms. The molecule has 1 N–H and O–H groups in total. The molecule has 0 spiro atoms. The van der Waals surface area contributed by atoms with Crippen LogP contribution in [-0.2, 0) is 15.6 Å². The molecule has 0 bridgehead atoms. The number of rotatable bonds is 5. The third kappa shape index (κ3) is 2.91. The molecule has 1 aliphatic heterocycles. The second-order valence-corrected chi connectivity index (χ2v) is 11.4. The summed E-state index contributed by atoms with van der Waals surface area (Å²) in [5.41, 5.74) is 2.07. The van der Waals surface area contributed by atoms with Crippen molar-refractivity contribution in [3.8, 4) is 17.3 Å². The molecule has 31 heavy (non-hydrogen) atoms. The van der Waals surface area contributed by atoms with Crippen molar-refractivity contribution >= 4 is 21.1 Å². The molecule has 0 radical (unpaired) electrons. The summed E-state index contributed by atoms with van der Waals surface area (Å²) in [6, 6.07) is 4.31. The molecular formula is C21H23N7O2S. The van der Waals surface area contributed by atoms with Gasteiger partial charge in [0.05, 0.1) is 35.2 Å². The molecule has 6 rings (SSSR count). The number of aromatic amines is 1. The van der Waals surface area contributed by atoms with E-state index in [2.05, 4.69) is 26.1 Å². The van der Waals surface area contributed by atoms with Gasteiger partial charge >= 0.3 is 0 Å². The Hall–Kier alpha value is -2.77. The van der Waals surface area contributed by atoms with Crippen molar-refractivity contribution in [3.05, 3.63) is 31.0 Å². The first-order valence-corrected chi connectivity index (χ1v) is 12.2. The zero-order chi connectivity index (χ0) is 21.2. The van der Waals surface area contributed by atoms with Crippen molar-refractivity contribution in [3.63, 3.8) is 0 Å². The van der Waals surface area contributed by atoms with E-state index in [1.165, 1.54) is 6.33 Å². The highest BCUT2D eigenvalue weighted by Crippen LogP contribution is 2.51. The van der Waals surface area contributed by atoms with E-state index in [0.29, 0.717) is 19.5 Å². The zero-order valence-corrected chi connectivity index (χ0v) is 17.8. The van der Waals surface area contributed by atoms with Gasteiger partial charge in [-0.1, -0.05) is 0 Å². The first kappa shape index (κ1) is 19.0. The number of fused-ring (bicyclic) bond motifs is 2. The molecule has 2 saturated carbocycles. The van der Waals surface area contributed by atoms with Crippen LogP contribution in [0.2, 0.25) is 0 Å². The summed E-state index contributed by atoms with van der Waals surface area (Å²) in [5, 5.41) is 15.0. The van der Waals surface area contributed by atoms with Crippen molar-refractivity contribution < 1.29 is 8.42 Å². The minimum absolute atomic E-state index is 0.165. The fourth-order valence-corrected chi connectivity index (χ4v) is 7.52. The molecule has 3 atom stereocenters. The summed E-state index contributed by atoms with van der Waals surface area (Å²) in [6.07, 6.45) is 10.6. The molecule has 3 aliphatic rings. The average molecular weight is 438 g/mol. The van der Waals surface area contributed by atoms with Gasteiger partial charge in [-0.05, 0) is 43.6 Å². The van der Waals surface area contributed by atoms with Crippen LogP contribution in [0.1, 0.15) is 32.1 Å². The zero-order valence-electron chi connectivity index (χ0n) is 17.0. The topological polar surface area (TPSA) is 121 Å². The van der Waals surface area contributed by atoms with Crippen LogP contribution in [0.3, 0.4) is 0 Å². The highest BCUT2D eigenvalue weighted by atomic mass is 32.2. The van der Waals surface area contributed by atoms with Crippen LogP contribution in [0, 0.1) is 23.2 Å². The Kier molecular flexibility index (Phi) is 4.04. The monoisotopic (exact) mass is 437 g/mol. The van der Waals surface area contributed by atoms with E-state index in [1.807, 2.05) is 23.1 Å². The molecule has 9 nitrogen and oxygen atoms in total. The third-order valence-corrected chi connectivity index (χ3v) is 9.57. The Bertz CT molecular complexity index is 1290. The quantitative estimate of drug-likeness (QED) is 0.654. The Morgan fingerprint density at radius 3 is 2.71 bits per heavy atom. The molecule has 0 amide bonds. The standard InChI is InChI=1S/C21H23N7O2S/c22-5-4-21(7-14-10-27(11-15(14)8-21)31(29,30)17-1-2-17)28-12-16(9-26-28)19-18-3-6-23-20(18)25-13-24-19/h3,6,9,12-15,17H,1-2,4,7-8,10-11H2,(H,23,24,25)/t14-,15+,21?. The third-order valence-electron chi connectivity index (χ3n) is 7.24. The maximum atomic E-state index is 12.7. The van der Waals surface area contributed by atoms with Gasteiger partial charge in [0.1, 0.15) is 12.0 Å². The molecule has 4 heterocycles. The number of aromatic nitrogens is 5. The number of hydrogen-bond acceptors (Lipinski definition) is 6. The number of nitriles is 1. The number of nitrogens with one attached hydrogen (secondary N) is 1. The maximum absolute atomic E-state index is 12.7. The van der Waals surface area contributed by atoms with Crippen LogP contribution in [-0.4, -0.2) is 55.8 Å². The number of sulfonamides is 1. The lowest BCUT2D eigenvalue weighted by molar-refractivity contribution is 0.240. The van der Waals surface area contributed by atoms with Gasteiger partial charge in [0.15, 0.2) is 0 Å². The molecule has 1 unspecified atom stereocenters. The molecule has 0 aromatic carbocycles. The molecular weight excluding hydrogens is 414 g/mol. The molecule has 3 fully saturated rings. The number of nitrogens with zero attached hydrogens (tertiary/aromatic N) is 6. The Morgan fingerprint density at radius 1 is 1.23 bits per heavy atom. The van der Waals surface area contributed by atoms with Gasteiger partial charge in [0.25, 0.3) is 0 Å². The Labute approximate surface area is 180 Å². The molecule has 3 aromatic heterocycles. The van der Waals surface area contributed by atoms with Crippen LogP contribution in [0.25, 0.3) is 22.3 Å². The van der Waals surface area contributed by atoms with Crippen molar-refractivity contribution in [2.75, 3.05) is 13.1 Å². The van der Waals surface area contributed by atoms with E-state index in [-0.39, 0.29) is 17.1 Å². The van der Waals surface area contributed by atoms with E-state index in [1.54, 1.807) is 10.5 Å². The minimum atomic E-state index is -3.14. The Balaban J connectivity index is 1.29. The second kappa shape index (κ2) is 6.61. The molecule has 3 aromatic rings. The average Bonchev–Trinajstić information content (AvgIpc) is 3.11. The first-order valence-electron chi connectivity index (χ1n) is 10.7. The van der Waals surface area contributed by atoms with Gasteiger partial charge in [-0.15, -0.1) is 0 Å². The van der Waals surface area contributed by atoms with Crippen LogP contribution in [0.15, 0.2) is 31.0 Å². The lowest BCUT2D eigenvalue weighted by Crippen LogP contribution is -2.37. The smallest absolute Gasteiger partial charge is 0.216 e. The van der Waals surface area contributed by atoms with Crippen molar-refractivity contribution in [1.29, 1.82) is 5.26 Å². The van der Waals surface area contributed by atoms with Crippen molar-refractivity contribution in [2.45, 2.75) is 42.9 Å². The van der Waals surface area contributed by atoms with Crippen LogP contribution in [0.4, 0.5) is 0 Å². The maximum Gasteiger partial charge on any atom is 0.216 e. The summed E-state index contributed by atoms with van der Waals surface area (Å²) in [4.78, 5) is 11.8. The van der Waals surface area contributed by atoms with Gasteiger partial charge in [-0.2, -0.15) is 10.4 Å². The number of hydrogen-bond donors (Lipinski definition) is 1. The van der Waals surface area contributed by atoms with E-state index in [9.17, 15) is 13.7 Å². The largest absolute Gasteiger partial charge is 0.346 e. The molecule has 160 valence electrons. The lowest BCUT2D eigenvalue weighted by atomic mass is 9.92. The summed E-state index contributed by atoms with van der Waals surface area (Å²) < 4.78 is 29.0. The van der Waals surface area contributed by atoms with Gasteiger partial charge < -0.3 is 4.98 Å². The van der Waals surface area contributed by atoms with Gasteiger partial charge in [0.2, 0.25) is 10.0 Å². The second-order valence-electron chi connectivity index (χ2n) is 9.18. The SMILES string of the molecule is N#CCC1(n2cc(-c3ncnc4[nH]ccc34)cn2)C[C@H]2CN(S(=O)(=O)C3CC3)C[C@H]2C1. The van der Waals surface area contributed by atoms with E-state index in [0.717, 1.165) is 48.0 Å². The van der Waals surface area contributed by atoms with E-state index >= 15 is 0 Å². The Morgan fingerprint density at radius 2 is 2.00 bits per heavy atom. The minimum Gasteiger partial charge on any atom is -0.346 e. The van der Waals surface area contributed by atoms with Gasteiger partial charge in [-0.25, -0.2) is 22.7 Å². The van der Waals surface area contributed by atoms with E-state index in [4.69, 9.17) is 0 Å². The van der Waals surface area contributed by atoms with Crippen molar-refractivity contribution in [2.24, 2.45) is 11.8 Å². The molecule has 2 aliphatic carbocycles. The van der Waals surface area contributed by atoms with E-state index < -0.39 is 15.6 Å². The first-order chi connectivity index (χ1) is 15.0. The van der Waals surface area contributed by atoms with Crippen LogP contribution < -0.4 is 0 Å². The fraction of sp³-hybridized carbons (Fsp3) is 0.524. The fourth-order valence-electron chi connectivity index (χ4n) is 5.57. The van der Waals surface area contributed by atoms with Crippen LogP contribution in [0.5, 0.6) is 0 Å². The summed E-state index contributed by atoms with van der Waals surface area (Å²) in [6.45, 7) is 1.14. The molecule has 1 saturated heterocycles. The van der Waals surface area contributed by atoms with Crippen LogP contribution >= 0.6 is 0 Å². The van der Waals surface area contributed by atoms with Gasteiger partial charge in [-0.3, -0.25) is 4.68 Å². The van der Waals surface area contributed by atoms with Crippen molar-refractivity contribution in [1.82, 2.24) is 29.0 Å². The predicted molar refractivity (Wildman–Crippen MR) is 113 cm³/mol. The highest BCUT2D eigenvalue weighted by Gasteiger charge is 2.54. The number of H-pyrrole nitrogens is 1. The predicted octanol–water partition coefficient (Wildman–Crippen LogP) is 2.26. The lowest BCUT2D eigenvalue weighted by Gasteiger charge is -2.29. The highest BCUT2D eigenvalue weighted by molar-refractivity contribution is 7.90. The summed E-state index contributed by atoms with van der Waals surface area (Å²) in [5.74, 6) is 0.537. The van der Waals surface area contributed by atoms with Gasteiger partial charge in [0, 0.05) is 36.4 Å². The summed E-state index contributed by atoms with van der Waals surface area (Å²) >= 11 is 0.